The molecule has 0 aliphatic carbocycles. The van der Waals surface area contributed by atoms with Crippen molar-refractivity contribution in [2.75, 3.05) is 0 Å². The van der Waals surface area contributed by atoms with Gasteiger partial charge < -0.3 is 9.30 Å². The largest absolute Gasteiger partial charge is 0.489 e. The number of fused-ring (bicyclic) bond motifs is 1. The van der Waals surface area contributed by atoms with Crippen molar-refractivity contribution < 1.29 is 17.5 Å². The number of sulfonamides is 1. The van der Waals surface area contributed by atoms with Crippen molar-refractivity contribution in [3.8, 4) is 11.4 Å². The molecule has 1 N–H and O–H groups in total. The van der Waals surface area contributed by atoms with Gasteiger partial charge >= 0.3 is 0 Å². The van der Waals surface area contributed by atoms with Crippen LogP contribution in [0.1, 0.15) is 13.8 Å². The van der Waals surface area contributed by atoms with Gasteiger partial charge in [-0.3, -0.25) is 0 Å². The highest BCUT2D eigenvalue weighted by Gasteiger charge is 2.24. The molecule has 0 aliphatic heterocycles. The number of rotatable bonds is 7. The molecule has 2 heterocycles. The zero-order valence-corrected chi connectivity index (χ0v) is 18.0. The number of imidazole rings is 1. The van der Waals surface area contributed by atoms with Crippen LogP contribution in [0.25, 0.3) is 16.6 Å². The number of hydrogen-bond acceptors (Lipinski definition) is 5. The molecular weight excluding hydrogens is 421 g/mol. The smallest absolute Gasteiger partial charge is 0.259 e. The summed E-state index contributed by atoms with van der Waals surface area (Å²) in [5, 5.41) is 5.18. The first-order chi connectivity index (χ1) is 14.7. The number of nitrogens with one attached hydrogen (secondary N) is 1. The van der Waals surface area contributed by atoms with E-state index in [0.29, 0.717) is 5.75 Å². The molecule has 31 heavy (non-hydrogen) atoms. The third kappa shape index (κ3) is 4.44. The highest BCUT2D eigenvalue weighted by molar-refractivity contribution is 7.89. The Balaban J connectivity index is 1.48. The molecule has 0 amide bonds. The van der Waals surface area contributed by atoms with Crippen LogP contribution in [0.5, 0.6) is 5.75 Å². The molecule has 0 unspecified atom stereocenters. The monoisotopic (exact) mass is 443 g/mol. The second-order valence-electron chi connectivity index (χ2n) is 7.36. The molecule has 0 fully saturated rings. The van der Waals surface area contributed by atoms with Crippen molar-refractivity contribution in [1.82, 2.24) is 24.1 Å². The Morgan fingerprint density at radius 1 is 1.13 bits per heavy atom. The molecular formula is C21H22FN5O3S. The van der Waals surface area contributed by atoms with Gasteiger partial charge in [-0.1, -0.05) is 0 Å². The van der Waals surface area contributed by atoms with Crippen molar-refractivity contribution >= 4 is 20.9 Å². The Bertz CT molecular complexity index is 1310. The maximum absolute atomic E-state index is 13.2. The molecule has 0 aliphatic rings. The van der Waals surface area contributed by atoms with E-state index in [4.69, 9.17) is 4.74 Å². The first-order valence-corrected chi connectivity index (χ1v) is 11.1. The molecule has 4 aromatic rings. The van der Waals surface area contributed by atoms with Crippen LogP contribution in [0.3, 0.4) is 0 Å². The van der Waals surface area contributed by atoms with Crippen molar-refractivity contribution in [2.45, 2.75) is 31.0 Å². The molecule has 0 radical (unpaired) electrons. The highest BCUT2D eigenvalue weighted by atomic mass is 32.2. The average molecular weight is 444 g/mol. The van der Waals surface area contributed by atoms with Crippen LogP contribution in [-0.4, -0.2) is 39.9 Å². The maximum atomic E-state index is 13.2. The number of hydrogen-bond donors (Lipinski definition) is 1. The quantitative estimate of drug-likeness (QED) is 0.474. The van der Waals surface area contributed by atoms with Gasteiger partial charge in [-0.05, 0) is 56.3 Å². The third-order valence-corrected chi connectivity index (χ3v) is 6.38. The SMILES string of the molecule is C[C@H](NS(=O)(=O)c1cn(C)cn1)[C@@H](C)Oc1ccc2c(cnn2-c2ccc(F)cc2)c1. The second-order valence-corrected chi connectivity index (χ2v) is 9.02. The van der Waals surface area contributed by atoms with Crippen LogP contribution in [0, 0.1) is 5.82 Å². The number of ether oxygens (including phenoxy) is 1. The van der Waals surface area contributed by atoms with Crippen LogP contribution in [0.2, 0.25) is 0 Å². The summed E-state index contributed by atoms with van der Waals surface area (Å²) in [6.07, 6.45) is 4.13. The van der Waals surface area contributed by atoms with Crippen molar-refractivity contribution in [2.24, 2.45) is 7.05 Å². The van der Waals surface area contributed by atoms with E-state index in [1.807, 2.05) is 12.1 Å². The van der Waals surface area contributed by atoms with Gasteiger partial charge in [-0.25, -0.2) is 27.2 Å². The van der Waals surface area contributed by atoms with E-state index in [9.17, 15) is 12.8 Å². The molecule has 162 valence electrons. The molecule has 2 atom stereocenters. The third-order valence-electron chi connectivity index (χ3n) is 4.93. The summed E-state index contributed by atoms with van der Waals surface area (Å²) >= 11 is 0. The van der Waals surface area contributed by atoms with Gasteiger partial charge in [0.05, 0.1) is 29.8 Å². The fourth-order valence-corrected chi connectivity index (χ4v) is 4.41. The van der Waals surface area contributed by atoms with Crippen LogP contribution in [0.4, 0.5) is 4.39 Å². The van der Waals surface area contributed by atoms with Gasteiger partial charge in [-0.15, -0.1) is 0 Å². The Morgan fingerprint density at radius 3 is 2.55 bits per heavy atom. The summed E-state index contributed by atoms with van der Waals surface area (Å²) in [6, 6.07) is 11.1. The Labute approximate surface area is 179 Å². The van der Waals surface area contributed by atoms with E-state index >= 15 is 0 Å². The lowest BCUT2D eigenvalue weighted by Gasteiger charge is -2.22. The van der Waals surface area contributed by atoms with Crippen molar-refractivity contribution in [3.63, 3.8) is 0 Å². The van der Waals surface area contributed by atoms with E-state index < -0.39 is 22.2 Å². The fourth-order valence-electron chi connectivity index (χ4n) is 3.12. The molecule has 0 bridgehead atoms. The first kappa shape index (κ1) is 21.0. The molecule has 0 saturated carbocycles. The first-order valence-electron chi connectivity index (χ1n) is 9.63. The van der Waals surface area contributed by atoms with Crippen LogP contribution >= 0.6 is 0 Å². The van der Waals surface area contributed by atoms with Crippen LogP contribution < -0.4 is 9.46 Å². The van der Waals surface area contributed by atoms with Gasteiger partial charge in [0.2, 0.25) is 0 Å². The van der Waals surface area contributed by atoms with Crippen molar-refractivity contribution in [1.29, 1.82) is 0 Å². The number of aromatic nitrogens is 4. The number of aryl methyl sites for hydroxylation is 1. The number of nitrogens with zero attached hydrogens (tertiary/aromatic N) is 4. The summed E-state index contributed by atoms with van der Waals surface area (Å²) in [6.45, 7) is 3.52. The molecule has 2 aromatic carbocycles. The zero-order valence-electron chi connectivity index (χ0n) is 17.2. The molecule has 8 nitrogen and oxygen atoms in total. The lowest BCUT2D eigenvalue weighted by molar-refractivity contribution is 0.189. The van der Waals surface area contributed by atoms with Crippen molar-refractivity contribution in [3.05, 3.63) is 67.0 Å². The zero-order chi connectivity index (χ0) is 22.2. The van der Waals surface area contributed by atoms with Gasteiger partial charge in [0, 0.05) is 18.6 Å². The minimum atomic E-state index is -3.74. The van der Waals surface area contributed by atoms with E-state index in [1.54, 1.807) is 54.5 Å². The van der Waals surface area contributed by atoms with Gasteiger partial charge in [0.1, 0.15) is 17.7 Å². The average Bonchev–Trinajstić information content (AvgIpc) is 3.35. The summed E-state index contributed by atoms with van der Waals surface area (Å²) in [4.78, 5) is 3.89. The lowest BCUT2D eigenvalue weighted by Crippen LogP contribution is -2.42. The number of halogens is 1. The van der Waals surface area contributed by atoms with Crippen LogP contribution in [0.15, 0.2) is 66.2 Å². The van der Waals surface area contributed by atoms with E-state index in [1.165, 1.54) is 24.7 Å². The van der Waals surface area contributed by atoms with E-state index in [2.05, 4.69) is 14.8 Å². The standard InChI is InChI=1S/C21H22FN5O3S/c1-14(25-31(28,29)21-12-26(3)13-23-21)15(2)30-19-8-9-20-16(10-19)11-24-27(20)18-6-4-17(22)5-7-18/h4-15,25H,1-3H3/t14-,15+/m0/s1. The normalized spacial score (nSPS) is 13.9. The highest BCUT2D eigenvalue weighted by Crippen LogP contribution is 2.24. The van der Waals surface area contributed by atoms with Gasteiger partial charge in [0.15, 0.2) is 5.03 Å². The number of benzene rings is 2. The molecule has 4 rings (SSSR count). The predicted octanol–water partition coefficient (Wildman–Crippen LogP) is 3.03. The summed E-state index contributed by atoms with van der Waals surface area (Å²) < 4.78 is 50.0. The Kier molecular flexibility index (Phi) is 5.50. The minimum absolute atomic E-state index is 0.0383. The van der Waals surface area contributed by atoms with E-state index in [0.717, 1.165) is 16.6 Å². The summed E-state index contributed by atoms with van der Waals surface area (Å²) in [7, 11) is -2.04. The predicted molar refractivity (Wildman–Crippen MR) is 114 cm³/mol. The maximum Gasteiger partial charge on any atom is 0.259 e. The Morgan fingerprint density at radius 2 is 1.87 bits per heavy atom. The summed E-state index contributed by atoms with van der Waals surface area (Å²) in [5.41, 5.74) is 1.59. The molecule has 10 heteroatoms. The fraction of sp³-hybridized carbons (Fsp3) is 0.238. The molecule has 2 aromatic heterocycles. The second kappa shape index (κ2) is 8.12. The van der Waals surface area contributed by atoms with Gasteiger partial charge in [0.25, 0.3) is 10.0 Å². The lowest BCUT2D eigenvalue weighted by atomic mass is 10.2. The molecule has 0 saturated heterocycles. The Hall–Kier alpha value is -3.24. The van der Waals surface area contributed by atoms with Crippen LogP contribution in [-0.2, 0) is 17.1 Å². The summed E-state index contributed by atoms with van der Waals surface area (Å²) in [5.74, 6) is 0.278. The van der Waals surface area contributed by atoms with Gasteiger partial charge in [-0.2, -0.15) is 5.10 Å². The van der Waals surface area contributed by atoms with E-state index in [-0.39, 0.29) is 10.8 Å². The molecule has 0 spiro atoms. The minimum Gasteiger partial charge on any atom is -0.489 e. The topological polar surface area (TPSA) is 91.0 Å².